The van der Waals surface area contributed by atoms with Crippen molar-refractivity contribution in [3.63, 3.8) is 0 Å². The molecule has 0 aromatic heterocycles. The lowest BCUT2D eigenvalue weighted by atomic mass is 9.90. The van der Waals surface area contributed by atoms with Crippen LogP contribution in [-0.4, -0.2) is 42.1 Å². The lowest BCUT2D eigenvalue weighted by Crippen LogP contribution is -2.49. The van der Waals surface area contributed by atoms with Crippen LogP contribution in [0.2, 0.25) is 0 Å². The average molecular weight is 643 g/mol. The van der Waals surface area contributed by atoms with E-state index in [-0.39, 0.29) is 25.7 Å². The molecule has 0 amide bonds. The molecule has 0 N–H and O–H groups in total. The van der Waals surface area contributed by atoms with E-state index in [4.69, 9.17) is 9.47 Å². The standard InChI is InChI=1S/C15H12F2I2O8S/c16-15(17,28(22,23)24)13(21)25-7-3-5-14(6-4-7)26-11-9(19)2-1-8(18)10(11)12(20)27-14/h1-2,7H,3-6H2,(H,22,23,24)/p-1. The Morgan fingerprint density at radius 2 is 1.79 bits per heavy atom. The number of hydrogen-bond acceptors (Lipinski definition) is 8. The van der Waals surface area contributed by atoms with Gasteiger partial charge in [0, 0.05) is 16.4 Å². The molecule has 0 bridgehead atoms. The fraction of sp³-hybridized carbons (Fsp3) is 0.467. The second-order valence-corrected chi connectivity index (χ2v) is 9.96. The molecule has 154 valence electrons. The van der Waals surface area contributed by atoms with Crippen LogP contribution < -0.4 is 4.74 Å². The summed E-state index contributed by atoms with van der Waals surface area (Å²) in [6, 6.07) is 3.51. The highest BCUT2D eigenvalue weighted by atomic mass is 127. The van der Waals surface area contributed by atoms with Crippen molar-refractivity contribution < 1.29 is 45.6 Å². The third kappa shape index (κ3) is 3.94. The monoisotopic (exact) mass is 643 g/mol. The van der Waals surface area contributed by atoms with Gasteiger partial charge in [-0.15, -0.1) is 0 Å². The minimum Gasteiger partial charge on any atom is -0.743 e. The Bertz CT molecular complexity index is 942. The molecule has 3 rings (SSSR count). The number of benzene rings is 1. The molecular weight excluding hydrogens is 632 g/mol. The molecule has 1 aromatic carbocycles. The number of alkyl halides is 2. The van der Waals surface area contributed by atoms with Gasteiger partial charge in [-0.1, -0.05) is 0 Å². The van der Waals surface area contributed by atoms with E-state index in [0.717, 1.165) is 0 Å². The summed E-state index contributed by atoms with van der Waals surface area (Å²) in [4.78, 5) is 23.8. The molecular formula is C15H11F2I2O8S-. The van der Waals surface area contributed by atoms with Crippen LogP contribution in [0.3, 0.4) is 0 Å². The molecule has 0 unspecified atom stereocenters. The van der Waals surface area contributed by atoms with E-state index in [2.05, 4.69) is 4.74 Å². The maximum absolute atomic E-state index is 13.3. The summed E-state index contributed by atoms with van der Waals surface area (Å²) in [5.74, 6) is -3.96. The van der Waals surface area contributed by atoms with Gasteiger partial charge in [0.15, 0.2) is 15.9 Å². The van der Waals surface area contributed by atoms with Gasteiger partial charge in [0.05, 0.1) is 3.57 Å². The van der Waals surface area contributed by atoms with E-state index in [1.807, 2.05) is 45.2 Å². The van der Waals surface area contributed by atoms with Gasteiger partial charge in [-0.2, -0.15) is 8.78 Å². The fourth-order valence-electron chi connectivity index (χ4n) is 2.93. The van der Waals surface area contributed by atoms with E-state index < -0.39 is 39.2 Å². The summed E-state index contributed by atoms with van der Waals surface area (Å²) in [5, 5.41) is -5.17. The van der Waals surface area contributed by atoms with Gasteiger partial charge in [0.1, 0.15) is 11.7 Å². The second-order valence-electron chi connectivity index (χ2n) is 6.21. The fourth-order valence-corrected chi connectivity index (χ4v) is 4.38. The first-order chi connectivity index (χ1) is 12.9. The molecule has 28 heavy (non-hydrogen) atoms. The zero-order chi connectivity index (χ0) is 20.9. The Balaban J connectivity index is 1.71. The Morgan fingerprint density at radius 1 is 1.21 bits per heavy atom. The van der Waals surface area contributed by atoms with E-state index in [1.54, 1.807) is 12.1 Å². The van der Waals surface area contributed by atoms with Gasteiger partial charge in [-0.25, -0.2) is 18.0 Å². The van der Waals surface area contributed by atoms with Crippen LogP contribution in [0, 0.1) is 7.14 Å². The number of hydrogen-bond donors (Lipinski definition) is 0. The highest BCUT2D eigenvalue weighted by Gasteiger charge is 2.51. The topological polar surface area (TPSA) is 119 Å². The maximum atomic E-state index is 13.3. The first-order valence-corrected chi connectivity index (χ1v) is 11.4. The average Bonchev–Trinajstić information content (AvgIpc) is 2.59. The third-order valence-electron chi connectivity index (χ3n) is 4.35. The van der Waals surface area contributed by atoms with Crippen molar-refractivity contribution >= 4 is 67.2 Å². The minimum absolute atomic E-state index is 0.0240. The summed E-state index contributed by atoms with van der Waals surface area (Å²) in [7, 11) is -6.18. The molecule has 1 spiro atoms. The van der Waals surface area contributed by atoms with Crippen molar-refractivity contribution in [1.29, 1.82) is 0 Å². The van der Waals surface area contributed by atoms with Gasteiger partial charge in [-0.3, -0.25) is 0 Å². The molecule has 1 heterocycles. The Kier molecular flexibility index (Phi) is 5.83. The molecule has 1 saturated carbocycles. The number of esters is 2. The van der Waals surface area contributed by atoms with E-state index in [9.17, 15) is 31.3 Å². The van der Waals surface area contributed by atoms with Crippen molar-refractivity contribution in [3.8, 4) is 5.75 Å². The number of halogens is 4. The van der Waals surface area contributed by atoms with E-state index in [1.165, 1.54) is 0 Å². The van der Waals surface area contributed by atoms with Crippen LogP contribution in [-0.2, 0) is 24.4 Å². The van der Waals surface area contributed by atoms with Crippen molar-refractivity contribution in [1.82, 2.24) is 0 Å². The van der Waals surface area contributed by atoms with Gasteiger partial charge in [0.25, 0.3) is 5.79 Å². The molecule has 2 aliphatic rings. The first-order valence-electron chi connectivity index (χ1n) is 7.81. The van der Waals surface area contributed by atoms with Gasteiger partial charge < -0.3 is 18.8 Å². The normalized spacial score (nSPS) is 24.9. The number of carbonyl (C=O) groups excluding carboxylic acids is 2. The molecule has 13 heteroatoms. The zero-order valence-electron chi connectivity index (χ0n) is 13.7. The summed E-state index contributed by atoms with van der Waals surface area (Å²) in [5.41, 5.74) is 0.298. The van der Waals surface area contributed by atoms with Crippen LogP contribution in [0.4, 0.5) is 8.78 Å². The van der Waals surface area contributed by atoms with Crippen molar-refractivity contribution in [2.24, 2.45) is 0 Å². The summed E-state index contributed by atoms with van der Waals surface area (Å²) in [6.07, 6.45) is -1.04. The van der Waals surface area contributed by atoms with Crippen LogP contribution >= 0.6 is 45.2 Å². The highest BCUT2D eigenvalue weighted by Crippen LogP contribution is 2.44. The molecule has 1 aliphatic heterocycles. The number of carbonyl (C=O) groups is 2. The van der Waals surface area contributed by atoms with Crippen molar-refractivity contribution in [2.75, 3.05) is 0 Å². The number of rotatable bonds is 3. The number of fused-ring (bicyclic) bond motifs is 1. The lowest BCUT2D eigenvalue weighted by molar-refractivity contribution is -0.196. The van der Waals surface area contributed by atoms with Crippen molar-refractivity contribution in [2.45, 2.75) is 42.8 Å². The predicted octanol–water partition coefficient (Wildman–Crippen LogP) is 2.77. The first kappa shape index (κ1) is 21.9. The third-order valence-corrected chi connectivity index (χ3v) is 6.89. The summed E-state index contributed by atoms with van der Waals surface area (Å²) < 4.78 is 75.2. The van der Waals surface area contributed by atoms with Gasteiger partial charge in [-0.05, 0) is 70.2 Å². The summed E-state index contributed by atoms with van der Waals surface area (Å²) >= 11 is 3.99. The quantitative estimate of drug-likeness (QED) is 0.281. The summed E-state index contributed by atoms with van der Waals surface area (Å²) in [6.45, 7) is 0. The molecule has 1 aliphatic carbocycles. The number of ether oxygens (including phenoxy) is 3. The van der Waals surface area contributed by atoms with E-state index in [0.29, 0.717) is 18.5 Å². The maximum Gasteiger partial charge on any atom is 0.428 e. The molecule has 1 fully saturated rings. The van der Waals surface area contributed by atoms with Crippen molar-refractivity contribution in [3.05, 3.63) is 24.8 Å². The molecule has 1 aromatic rings. The van der Waals surface area contributed by atoms with Gasteiger partial charge >= 0.3 is 17.2 Å². The van der Waals surface area contributed by atoms with Gasteiger partial charge in [0.2, 0.25) is 0 Å². The van der Waals surface area contributed by atoms with Crippen LogP contribution in [0.25, 0.3) is 0 Å². The highest BCUT2D eigenvalue weighted by molar-refractivity contribution is 14.1. The predicted molar refractivity (Wildman–Crippen MR) is 104 cm³/mol. The SMILES string of the molecule is O=C1OC2(CCC(OC(=O)C(F)(F)S(=O)(=O)[O-])CC2)Oc2c(I)ccc(I)c21. The smallest absolute Gasteiger partial charge is 0.428 e. The lowest BCUT2D eigenvalue weighted by Gasteiger charge is -2.42. The van der Waals surface area contributed by atoms with Crippen LogP contribution in [0.1, 0.15) is 36.0 Å². The van der Waals surface area contributed by atoms with Crippen LogP contribution in [0.5, 0.6) is 5.75 Å². The largest absolute Gasteiger partial charge is 0.743 e. The molecule has 0 radical (unpaired) electrons. The Labute approximate surface area is 185 Å². The second kappa shape index (κ2) is 7.46. The van der Waals surface area contributed by atoms with E-state index >= 15 is 0 Å². The molecule has 0 atom stereocenters. The minimum atomic E-state index is -6.18. The zero-order valence-corrected chi connectivity index (χ0v) is 18.9. The molecule has 0 saturated heterocycles. The molecule has 8 nitrogen and oxygen atoms in total. The Hall–Kier alpha value is -0.810. The van der Waals surface area contributed by atoms with Crippen LogP contribution in [0.15, 0.2) is 12.1 Å². The Morgan fingerprint density at radius 3 is 2.36 bits per heavy atom.